The summed E-state index contributed by atoms with van der Waals surface area (Å²) in [5, 5.41) is 0.871. The summed E-state index contributed by atoms with van der Waals surface area (Å²) in [6, 6.07) is 13.9. The molecule has 0 saturated heterocycles. The Morgan fingerprint density at radius 3 is 2.37 bits per heavy atom. The molecule has 0 amide bonds. The molecule has 0 unspecified atom stereocenters. The number of hydrogen-bond donors (Lipinski definition) is 2. The van der Waals surface area contributed by atoms with Gasteiger partial charge in [0, 0.05) is 10.9 Å². The number of aryl methyl sites for hydroxylation is 1. The van der Waals surface area contributed by atoms with Crippen molar-refractivity contribution in [2.45, 2.75) is 6.92 Å². The standard InChI is InChI=1S/C15H14N4/c1-9-13-12(19-15(17)18-9)8-7-11(14(13)16)10-5-3-2-4-6-10/h2-8H,16H2,1H3,(H2,17,18,19). The molecule has 4 nitrogen and oxygen atoms in total. The largest absolute Gasteiger partial charge is 0.398 e. The minimum absolute atomic E-state index is 0.275. The summed E-state index contributed by atoms with van der Waals surface area (Å²) < 4.78 is 0. The predicted molar refractivity (Wildman–Crippen MR) is 78.5 cm³/mol. The molecular weight excluding hydrogens is 236 g/mol. The van der Waals surface area contributed by atoms with Crippen LogP contribution in [-0.4, -0.2) is 9.97 Å². The highest BCUT2D eigenvalue weighted by Gasteiger charge is 2.10. The van der Waals surface area contributed by atoms with Crippen LogP contribution in [0, 0.1) is 6.92 Å². The number of hydrogen-bond acceptors (Lipinski definition) is 4. The summed E-state index contributed by atoms with van der Waals surface area (Å²) in [6.45, 7) is 1.89. The Bertz CT molecular complexity index is 751. The fraction of sp³-hybridized carbons (Fsp3) is 0.0667. The van der Waals surface area contributed by atoms with Crippen LogP contribution in [0.25, 0.3) is 22.0 Å². The van der Waals surface area contributed by atoms with Crippen LogP contribution in [0.2, 0.25) is 0 Å². The lowest BCUT2D eigenvalue weighted by molar-refractivity contribution is 1.17. The Hall–Kier alpha value is -2.62. The Morgan fingerprint density at radius 2 is 1.63 bits per heavy atom. The number of anilines is 2. The molecule has 3 aromatic rings. The van der Waals surface area contributed by atoms with E-state index in [-0.39, 0.29) is 5.95 Å². The molecule has 0 aliphatic heterocycles. The van der Waals surface area contributed by atoms with Gasteiger partial charge in [-0.2, -0.15) is 0 Å². The second-order valence-electron chi connectivity index (χ2n) is 4.45. The normalized spacial score (nSPS) is 10.8. The maximum Gasteiger partial charge on any atom is 0.220 e. The van der Waals surface area contributed by atoms with Crippen molar-refractivity contribution < 1.29 is 0 Å². The quantitative estimate of drug-likeness (QED) is 0.651. The van der Waals surface area contributed by atoms with Crippen LogP contribution >= 0.6 is 0 Å². The van der Waals surface area contributed by atoms with Crippen molar-refractivity contribution >= 4 is 22.5 Å². The first-order valence-corrected chi connectivity index (χ1v) is 6.04. The number of nitrogen functional groups attached to an aromatic ring is 2. The zero-order chi connectivity index (χ0) is 13.4. The van der Waals surface area contributed by atoms with Crippen molar-refractivity contribution in [3.05, 3.63) is 48.2 Å². The molecule has 0 aliphatic rings. The van der Waals surface area contributed by atoms with E-state index in [4.69, 9.17) is 11.5 Å². The van der Waals surface area contributed by atoms with Gasteiger partial charge >= 0.3 is 0 Å². The second kappa shape index (κ2) is 4.24. The molecule has 4 heteroatoms. The topological polar surface area (TPSA) is 77.8 Å². The van der Waals surface area contributed by atoms with E-state index in [9.17, 15) is 0 Å². The maximum absolute atomic E-state index is 6.28. The molecule has 1 aromatic heterocycles. The third-order valence-corrected chi connectivity index (χ3v) is 3.19. The monoisotopic (exact) mass is 250 g/mol. The summed E-state index contributed by atoms with van der Waals surface area (Å²) >= 11 is 0. The average Bonchev–Trinajstić information content (AvgIpc) is 2.39. The Balaban J connectivity index is 2.33. The molecule has 0 saturated carbocycles. The second-order valence-corrected chi connectivity index (χ2v) is 4.45. The SMILES string of the molecule is Cc1nc(N)nc2ccc(-c3ccccc3)c(N)c12. The van der Waals surface area contributed by atoms with Gasteiger partial charge in [-0.3, -0.25) is 0 Å². The summed E-state index contributed by atoms with van der Waals surface area (Å²) in [5.74, 6) is 0.275. The summed E-state index contributed by atoms with van der Waals surface area (Å²) in [7, 11) is 0. The average molecular weight is 250 g/mol. The highest BCUT2D eigenvalue weighted by molar-refractivity contribution is 6.00. The van der Waals surface area contributed by atoms with Crippen molar-refractivity contribution in [2.75, 3.05) is 11.5 Å². The van der Waals surface area contributed by atoms with E-state index in [1.807, 2.05) is 49.4 Å². The van der Waals surface area contributed by atoms with Gasteiger partial charge in [-0.15, -0.1) is 0 Å². The third-order valence-electron chi connectivity index (χ3n) is 3.19. The van der Waals surface area contributed by atoms with E-state index in [1.165, 1.54) is 0 Å². The van der Waals surface area contributed by atoms with Crippen LogP contribution in [-0.2, 0) is 0 Å². The molecule has 94 valence electrons. The van der Waals surface area contributed by atoms with Crippen LogP contribution < -0.4 is 11.5 Å². The highest BCUT2D eigenvalue weighted by Crippen LogP contribution is 2.33. The van der Waals surface area contributed by atoms with E-state index in [1.54, 1.807) is 0 Å². The number of benzene rings is 2. The van der Waals surface area contributed by atoms with E-state index < -0.39 is 0 Å². The molecule has 1 heterocycles. The predicted octanol–water partition coefficient (Wildman–Crippen LogP) is 2.77. The fourth-order valence-corrected chi connectivity index (χ4v) is 2.33. The van der Waals surface area contributed by atoms with Crippen LogP contribution in [0.5, 0.6) is 0 Å². The van der Waals surface area contributed by atoms with Gasteiger partial charge in [0.1, 0.15) is 0 Å². The Labute approximate surface area is 111 Å². The third kappa shape index (κ3) is 1.87. The first-order valence-electron chi connectivity index (χ1n) is 6.04. The lowest BCUT2D eigenvalue weighted by Gasteiger charge is -2.11. The zero-order valence-electron chi connectivity index (χ0n) is 10.6. The number of rotatable bonds is 1. The Morgan fingerprint density at radius 1 is 0.895 bits per heavy atom. The summed E-state index contributed by atoms with van der Waals surface area (Å²) in [6.07, 6.45) is 0. The molecule has 2 aromatic carbocycles. The van der Waals surface area contributed by atoms with Crippen molar-refractivity contribution in [3.63, 3.8) is 0 Å². The Kier molecular flexibility index (Phi) is 2.56. The lowest BCUT2D eigenvalue weighted by atomic mass is 10.00. The maximum atomic E-state index is 6.28. The van der Waals surface area contributed by atoms with E-state index >= 15 is 0 Å². The van der Waals surface area contributed by atoms with Crippen LogP contribution in [0.3, 0.4) is 0 Å². The summed E-state index contributed by atoms with van der Waals surface area (Å²) in [5.41, 5.74) is 16.3. The molecule has 0 spiro atoms. The molecule has 4 N–H and O–H groups in total. The minimum Gasteiger partial charge on any atom is -0.398 e. The molecular formula is C15H14N4. The first kappa shape index (κ1) is 11.5. The minimum atomic E-state index is 0.275. The van der Waals surface area contributed by atoms with Crippen LogP contribution in [0.15, 0.2) is 42.5 Å². The highest BCUT2D eigenvalue weighted by atomic mass is 15.0. The first-order chi connectivity index (χ1) is 9.16. The fourth-order valence-electron chi connectivity index (χ4n) is 2.33. The van der Waals surface area contributed by atoms with Crippen molar-refractivity contribution in [3.8, 4) is 11.1 Å². The number of fused-ring (bicyclic) bond motifs is 1. The van der Waals surface area contributed by atoms with E-state index in [0.717, 1.165) is 27.7 Å². The summed E-state index contributed by atoms with van der Waals surface area (Å²) in [4.78, 5) is 8.40. The smallest absolute Gasteiger partial charge is 0.220 e. The van der Waals surface area contributed by atoms with Gasteiger partial charge in [0.25, 0.3) is 0 Å². The van der Waals surface area contributed by atoms with Gasteiger partial charge < -0.3 is 11.5 Å². The molecule has 19 heavy (non-hydrogen) atoms. The molecule has 0 fully saturated rings. The molecule has 0 aliphatic carbocycles. The van der Waals surface area contributed by atoms with Crippen LogP contribution in [0.1, 0.15) is 5.69 Å². The van der Waals surface area contributed by atoms with E-state index in [0.29, 0.717) is 5.69 Å². The van der Waals surface area contributed by atoms with E-state index in [2.05, 4.69) is 9.97 Å². The molecule has 0 bridgehead atoms. The van der Waals surface area contributed by atoms with Crippen molar-refractivity contribution in [1.29, 1.82) is 0 Å². The van der Waals surface area contributed by atoms with Gasteiger partial charge in [0.15, 0.2) is 0 Å². The van der Waals surface area contributed by atoms with Gasteiger partial charge in [-0.1, -0.05) is 36.4 Å². The van der Waals surface area contributed by atoms with Gasteiger partial charge in [0.05, 0.1) is 16.9 Å². The molecule has 0 radical (unpaired) electrons. The molecule has 0 atom stereocenters. The van der Waals surface area contributed by atoms with Gasteiger partial charge in [-0.25, -0.2) is 9.97 Å². The molecule has 3 rings (SSSR count). The number of nitrogens with two attached hydrogens (primary N) is 2. The number of nitrogens with zero attached hydrogens (tertiary/aromatic N) is 2. The van der Waals surface area contributed by atoms with Crippen molar-refractivity contribution in [2.24, 2.45) is 0 Å². The number of aromatic nitrogens is 2. The van der Waals surface area contributed by atoms with Crippen LogP contribution in [0.4, 0.5) is 11.6 Å². The van der Waals surface area contributed by atoms with Crippen molar-refractivity contribution in [1.82, 2.24) is 9.97 Å². The lowest BCUT2D eigenvalue weighted by Crippen LogP contribution is -2.01. The van der Waals surface area contributed by atoms with Gasteiger partial charge in [0.2, 0.25) is 5.95 Å². The zero-order valence-corrected chi connectivity index (χ0v) is 10.6. The van der Waals surface area contributed by atoms with Gasteiger partial charge in [-0.05, 0) is 18.6 Å².